The van der Waals surface area contributed by atoms with Crippen molar-refractivity contribution in [2.75, 3.05) is 20.3 Å². The Balaban J connectivity index is 3.86. The van der Waals surface area contributed by atoms with Gasteiger partial charge in [-0.2, -0.15) is 0 Å². The molecule has 0 spiro atoms. The fourth-order valence-electron chi connectivity index (χ4n) is 1.55. The number of carbonyl (C=O) groups is 1. The molecule has 0 aromatic heterocycles. The van der Waals surface area contributed by atoms with Crippen molar-refractivity contribution in [3.05, 3.63) is 0 Å². The molecule has 102 valence electrons. The van der Waals surface area contributed by atoms with Crippen molar-refractivity contribution in [2.45, 2.75) is 52.6 Å². The second-order valence-electron chi connectivity index (χ2n) is 4.92. The van der Waals surface area contributed by atoms with Crippen LogP contribution in [-0.2, 0) is 9.53 Å². The van der Waals surface area contributed by atoms with Gasteiger partial charge in [-0.25, -0.2) is 0 Å². The molecule has 4 nitrogen and oxygen atoms in total. The van der Waals surface area contributed by atoms with Crippen molar-refractivity contribution in [1.29, 1.82) is 0 Å². The van der Waals surface area contributed by atoms with Crippen molar-refractivity contribution in [3.8, 4) is 0 Å². The summed E-state index contributed by atoms with van der Waals surface area (Å²) in [6.45, 7) is 9.67. The van der Waals surface area contributed by atoms with E-state index in [2.05, 4.69) is 31.4 Å². The Morgan fingerprint density at radius 2 is 1.94 bits per heavy atom. The van der Waals surface area contributed by atoms with Gasteiger partial charge in [0, 0.05) is 19.7 Å². The van der Waals surface area contributed by atoms with E-state index in [4.69, 9.17) is 4.74 Å². The molecule has 17 heavy (non-hydrogen) atoms. The standard InChI is InChI=1S/C13H28N2O2/c1-6-12(9-17-5)15-11(4)13(16)14-8-7-10(2)3/h10-12,15H,6-9H2,1-5H3,(H,14,16). The fourth-order valence-corrected chi connectivity index (χ4v) is 1.55. The molecule has 1 amide bonds. The van der Waals surface area contributed by atoms with Gasteiger partial charge in [-0.05, 0) is 25.7 Å². The number of carbonyl (C=O) groups excluding carboxylic acids is 1. The summed E-state index contributed by atoms with van der Waals surface area (Å²) in [5.74, 6) is 0.690. The molecule has 0 heterocycles. The molecule has 0 aromatic rings. The largest absolute Gasteiger partial charge is 0.383 e. The average Bonchev–Trinajstić information content (AvgIpc) is 2.27. The van der Waals surface area contributed by atoms with Crippen molar-refractivity contribution in [1.82, 2.24) is 10.6 Å². The molecular weight excluding hydrogens is 216 g/mol. The van der Waals surface area contributed by atoms with Crippen LogP contribution in [0, 0.1) is 5.92 Å². The Bertz CT molecular complexity index is 208. The quantitative estimate of drug-likeness (QED) is 0.647. The summed E-state index contributed by atoms with van der Waals surface area (Å²) in [5.41, 5.74) is 0. The van der Waals surface area contributed by atoms with Gasteiger partial charge in [-0.3, -0.25) is 4.79 Å². The van der Waals surface area contributed by atoms with Gasteiger partial charge in [0.05, 0.1) is 12.6 Å². The Kier molecular flexibility index (Phi) is 9.09. The second kappa shape index (κ2) is 9.42. The van der Waals surface area contributed by atoms with E-state index < -0.39 is 0 Å². The summed E-state index contributed by atoms with van der Waals surface area (Å²) in [7, 11) is 1.68. The highest BCUT2D eigenvalue weighted by Crippen LogP contribution is 1.98. The van der Waals surface area contributed by atoms with Gasteiger partial charge in [-0.1, -0.05) is 20.8 Å². The Morgan fingerprint density at radius 3 is 2.41 bits per heavy atom. The van der Waals surface area contributed by atoms with Crippen molar-refractivity contribution >= 4 is 5.91 Å². The maximum atomic E-state index is 11.8. The number of rotatable bonds is 9. The van der Waals surface area contributed by atoms with Crippen molar-refractivity contribution in [3.63, 3.8) is 0 Å². The number of methoxy groups -OCH3 is 1. The number of ether oxygens (including phenoxy) is 1. The molecule has 2 unspecified atom stereocenters. The minimum absolute atomic E-state index is 0.0696. The van der Waals surface area contributed by atoms with Gasteiger partial charge in [0.15, 0.2) is 0 Å². The smallest absolute Gasteiger partial charge is 0.236 e. The van der Waals surface area contributed by atoms with E-state index >= 15 is 0 Å². The highest BCUT2D eigenvalue weighted by Gasteiger charge is 2.16. The number of hydrogen-bond donors (Lipinski definition) is 2. The lowest BCUT2D eigenvalue weighted by Gasteiger charge is -2.21. The highest BCUT2D eigenvalue weighted by atomic mass is 16.5. The Labute approximate surface area is 105 Å². The van der Waals surface area contributed by atoms with Gasteiger partial charge in [0.25, 0.3) is 0 Å². The summed E-state index contributed by atoms with van der Waals surface area (Å²) >= 11 is 0. The summed E-state index contributed by atoms with van der Waals surface area (Å²) in [4.78, 5) is 11.8. The third-order valence-electron chi connectivity index (χ3n) is 2.76. The maximum absolute atomic E-state index is 11.8. The number of amides is 1. The van der Waals surface area contributed by atoms with Gasteiger partial charge in [-0.15, -0.1) is 0 Å². The predicted molar refractivity (Wildman–Crippen MR) is 71.0 cm³/mol. The Hall–Kier alpha value is -0.610. The first kappa shape index (κ1) is 16.4. The van der Waals surface area contributed by atoms with E-state index in [-0.39, 0.29) is 18.0 Å². The normalized spacial score (nSPS) is 14.7. The molecule has 0 saturated heterocycles. The summed E-state index contributed by atoms with van der Waals surface area (Å²) in [5, 5.41) is 6.21. The van der Waals surface area contributed by atoms with Gasteiger partial charge in [0.1, 0.15) is 0 Å². The fraction of sp³-hybridized carbons (Fsp3) is 0.923. The summed E-state index contributed by atoms with van der Waals surface area (Å²) in [6.07, 6.45) is 1.98. The third-order valence-corrected chi connectivity index (χ3v) is 2.76. The van der Waals surface area contributed by atoms with E-state index in [9.17, 15) is 4.79 Å². The van der Waals surface area contributed by atoms with Crippen LogP contribution in [0.15, 0.2) is 0 Å². The first-order valence-electron chi connectivity index (χ1n) is 6.53. The van der Waals surface area contributed by atoms with E-state index in [1.54, 1.807) is 7.11 Å². The monoisotopic (exact) mass is 244 g/mol. The minimum Gasteiger partial charge on any atom is -0.383 e. The summed E-state index contributed by atoms with van der Waals surface area (Å²) in [6, 6.07) is 0.0770. The average molecular weight is 244 g/mol. The minimum atomic E-state index is -0.165. The molecule has 0 radical (unpaired) electrons. The van der Waals surface area contributed by atoms with Gasteiger partial charge < -0.3 is 15.4 Å². The molecular formula is C13H28N2O2. The van der Waals surface area contributed by atoms with Crippen LogP contribution in [0.2, 0.25) is 0 Å². The van der Waals surface area contributed by atoms with Crippen LogP contribution in [0.25, 0.3) is 0 Å². The van der Waals surface area contributed by atoms with Crippen LogP contribution >= 0.6 is 0 Å². The van der Waals surface area contributed by atoms with Crippen molar-refractivity contribution < 1.29 is 9.53 Å². The SMILES string of the molecule is CCC(COC)NC(C)C(=O)NCCC(C)C. The second-order valence-corrected chi connectivity index (χ2v) is 4.92. The molecule has 0 aliphatic rings. The zero-order chi connectivity index (χ0) is 13.3. The van der Waals surface area contributed by atoms with E-state index in [1.807, 2.05) is 6.92 Å². The van der Waals surface area contributed by atoms with Crippen LogP contribution in [0.4, 0.5) is 0 Å². The molecule has 0 aliphatic carbocycles. The van der Waals surface area contributed by atoms with Gasteiger partial charge in [0.2, 0.25) is 5.91 Å². The summed E-state index contributed by atoms with van der Waals surface area (Å²) < 4.78 is 5.09. The van der Waals surface area contributed by atoms with Crippen LogP contribution in [0.1, 0.15) is 40.5 Å². The maximum Gasteiger partial charge on any atom is 0.236 e. The van der Waals surface area contributed by atoms with Gasteiger partial charge >= 0.3 is 0 Å². The Morgan fingerprint density at radius 1 is 1.29 bits per heavy atom. The number of hydrogen-bond acceptors (Lipinski definition) is 3. The molecule has 4 heteroatoms. The highest BCUT2D eigenvalue weighted by molar-refractivity contribution is 5.81. The molecule has 0 saturated carbocycles. The zero-order valence-electron chi connectivity index (χ0n) is 11.9. The molecule has 2 N–H and O–H groups in total. The lowest BCUT2D eigenvalue weighted by atomic mass is 10.1. The zero-order valence-corrected chi connectivity index (χ0v) is 11.9. The van der Waals surface area contributed by atoms with E-state index in [0.29, 0.717) is 12.5 Å². The van der Waals surface area contributed by atoms with Crippen molar-refractivity contribution in [2.24, 2.45) is 5.92 Å². The molecule has 2 atom stereocenters. The van der Waals surface area contributed by atoms with Crippen LogP contribution < -0.4 is 10.6 Å². The van der Waals surface area contributed by atoms with Crippen LogP contribution in [0.5, 0.6) is 0 Å². The molecule has 0 fully saturated rings. The molecule has 0 aromatic carbocycles. The molecule has 0 rings (SSSR count). The molecule has 0 aliphatic heterocycles. The first-order chi connectivity index (χ1) is 8.01. The lowest BCUT2D eigenvalue weighted by molar-refractivity contribution is -0.123. The van der Waals surface area contributed by atoms with E-state index in [0.717, 1.165) is 19.4 Å². The van der Waals surface area contributed by atoms with Crippen LogP contribution in [0.3, 0.4) is 0 Å². The predicted octanol–water partition coefficient (Wildman–Crippen LogP) is 1.55. The number of nitrogens with one attached hydrogen (secondary N) is 2. The lowest BCUT2D eigenvalue weighted by Crippen LogP contribution is -2.48. The third kappa shape index (κ3) is 8.16. The first-order valence-corrected chi connectivity index (χ1v) is 6.53. The topological polar surface area (TPSA) is 50.4 Å². The van der Waals surface area contributed by atoms with E-state index in [1.165, 1.54) is 0 Å². The molecule has 0 bridgehead atoms. The van der Waals surface area contributed by atoms with Crippen LogP contribution in [-0.4, -0.2) is 38.3 Å².